The molecule has 1 heterocycles. The van der Waals surface area contributed by atoms with E-state index in [1.807, 2.05) is 0 Å². The molecule has 1 aromatic heterocycles. The Labute approximate surface area is 147 Å². The molecule has 0 bridgehead atoms. The Morgan fingerprint density at radius 1 is 1.08 bits per heavy atom. The summed E-state index contributed by atoms with van der Waals surface area (Å²) in [6.45, 7) is -0.0190. The van der Waals surface area contributed by atoms with Crippen molar-refractivity contribution in [3.63, 3.8) is 0 Å². The third-order valence-electron chi connectivity index (χ3n) is 3.06. The lowest BCUT2D eigenvalue weighted by molar-refractivity contribution is 0.0434. The molecule has 2 aromatic carbocycles. The van der Waals surface area contributed by atoms with Crippen LogP contribution in [0.15, 0.2) is 59.3 Å². The minimum absolute atomic E-state index is 0.0190. The molecule has 0 amide bonds. The number of rotatable bonds is 5. The number of esters is 1. The molecule has 0 unspecified atom stereocenters. The summed E-state index contributed by atoms with van der Waals surface area (Å²) in [7, 11) is 0. The molecule has 0 N–H and O–H groups in total. The first-order valence-corrected chi connectivity index (χ1v) is 7.67. The topological polar surface area (TPSA) is 61.6 Å². The van der Waals surface area contributed by atoms with Gasteiger partial charge in [0.15, 0.2) is 12.4 Å². The first kappa shape index (κ1) is 16.4. The van der Waals surface area contributed by atoms with Gasteiger partial charge in [0.05, 0.1) is 11.2 Å². The van der Waals surface area contributed by atoms with Gasteiger partial charge in [0, 0.05) is 11.1 Å². The van der Waals surface area contributed by atoms with Crippen molar-refractivity contribution in [2.24, 2.45) is 0 Å². The number of halogens is 2. The van der Waals surface area contributed by atoms with Gasteiger partial charge in [0.1, 0.15) is 17.1 Å². The standard InChI is InChI=1S/C17H11Cl2NO4/c18-11-5-6-16(14(19)9-11)23-15-4-2-1-3-13(15)17(21)22-10-12-7-8-20-24-12/h1-9H,10H2. The molecule has 3 rings (SSSR count). The number of aromatic nitrogens is 1. The molecule has 0 aliphatic rings. The summed E-state index contributed by atoms with van der Waals surface area (Å²) in [6.07, 6.45) is 1.47. The third-order valence-corrected chi connectivity index (χ3v) is 3.59. The monoisotopic (exact) mass is 363 g/mol. The fraction of sp³-hybridized carbons (Fsp3) is 0.0588. The van der Waals surface area contributed by atoms with Crippen molar-refractivity contribution in [2.45, 2.75) is 6.61 Å². The van der Waals surface area contributed by atoms with Crippen molar-refractivity contribution >= 4 is 29.2 Å². The highest BCUT2D eigenvalue weighted by Gasteiger charge is 2.16. The van der Waals surface area contributed by atoms with Crippen molar-refractivity contribution in [2.75, 3.05) is 0 Å². The summed E-state index contributed by atoms with van der Waals surface area (Å²) in [5.74, 6) is 0.607. The molecular weight excluding hydrogens is 353 g/mol. The third kappa shape index (κ3) is 3.88. The minimum Gasteiger partial charge on any atom is -0.455 e. The summed E-state index contributed by atoms with van der Waals surface area (Å²) in [5.41, 5.74) is 0.267. The normalized spacial score (nSPS) is 10.4. The molecule has 0 saturated carbocycles. The van der Waals surface area contributed by atoms with Crippen LogP contribution in [0.1, 0.15) is 16.1 Å². The zero-order valence-corrected chi connectivity index (χ0v) is 13.8. The molecule has 7 heteroatoms. The Hall–Kier alpha value is -2.50. The van der Waals surface area contributed by atoms with Gasteiger partial charge in [-0.25, -0.2) is 4.79 Å². The van der Waals surface area contributed by atoms with Crippen LogP contribution < -0.4 is 4.74 Å². The summed E-state index contributed by atoms with van der Waals surface area (Å²) in [5, 5.41) is 4.38. The number of carbonyl (C=O) groups is 1. The van der Waals surface area contributed by atoms with Crippen LogP contribution in [-0.2, 0) is 11.3 Å². The van der Waals surface area contributed by atoms with Gasteiger partial charge in [-0.15, -0.1) is 0 Å². The average molecular weight is 364 g/mol. The van der Waals surface area contributed by atoms with Crippen LogP contribution in [0.4, 0.5) is 0 Å². The molecule has 122 valence electrons. The van der Waals surface area contributed by atoms with Crippen molar-refractivity contribution in [3.8, 4) is 11.5 Å². The zero-order valence-electron chi connectivity index (χ0n) is 12.2. The Morgan fingerprint density at radius 2 is 1.92 bits per heavy atom. The number of carbonyl (C=O) groups excluding carboxylic acids is 1. The van der Waals surface area contributed by atoms with Gasteiger partial charge in [0.2, 0.25) is 0 Å². The van der Waals surface area contributed by atoms with Crippen molar-refractivity contribution in [1.29, 1.82) is 0 Å². The van der Waals surface area contributed by atoms with E-state index in [9.17, 15) is 4.79 Å². The van der Waals surface area contributed by atoms with E-state index in [1.165, 1.54) is 6.20 Å². The number of benzene rings is 2. The first-order chi connectivity index (χ1) is 11.6. The molecule has 0 saturated heterocycles. The first-order valence-electron chi connectivity index (χ1n) is 6.92. The van der Waals surface area contributed by atoms with Crippen molar-refractivity contribution in [3.05, 3.63) is 76.1 Å². The van der Waals surface area contributed by atoms with E-state index in [0.29, 0.717) is 27.3 Å². The molecule has 3 aromatic rings. The van der Waals surface area contributed by atoms with Crippen LogP contribution in [0, 0.1) is 0 Å². The molecule has 0 aliphatic heterocycles. The average Bonchev–Trinajstić information content (AvgIpc) is 3.09. The van der Waals surface area contributed by atoms with E-state index >= 15 is 0 Å². The van der Waals surface area contributed by atoms with Crippen molar-refractivity contribution in [1.82, 2.24) is 5.16 Å². The Kier molecular flexibility index (Phi) is 5.03. The molecule has 0 aliphatic carbocycles. The van der Waals surface area contributed by atoms with E-state index in [0.717, 1.165) is 0 Å². The second kappa shape index (κ2) is 7.38. The Morgan fingerprint density at radius 3 is 2.67 bits per heavy atom. The van der Waals surface area contributed by atoms with Crippen LogP contribution in [0.2, 0.25) is 10.0 Å². The smallest absolute Gasteiger partial charge is 0.342 e. The highest BCUT2D eigenvalue weighted by Crippen LogP contribution is 2.33. The maximum atomic E-state index is 12.3. The van der Waals surface area contributed by atoms with Gasteiger partial charge in [-0.2, -0.15) is 0 Å². The van der Waals surface area contributed by atoms with E-state index in [2.05, 4.69) is 5.16 Å². The van der Waals surface area contributed by atoms with Crippen LogP contribution >= 0.6 is 23.2 Å². The van der Waals surface area contributed by atoms with Gasteiger partial charge in [-0.05, 0) is 30.3 Å². The van der Waals surface area contributed by atoms with Gasteiger partial charge in [-0.3, -0.25) is 0 Å². The number of hydrogen-bond acceptors (Lipinski definition) is 5. The van der Waals surface area contributed by atoms with Gasteiger partial charge in [-0.1, -0.05) is 40.5 Å². The summed E-state index contributed by atoms with van der Waals surface area (Å²) in [6, 6.07) is 13.1. The molecule has 24 heavy (non-hydrogen) atoms. The summed E-state index contributed by atoms with van der Waals surface area (Å²) < 4.78 is 15.8. The largest absolute Gasteiger partial charge is 0.455 e. The van der Waals surface area contributed by atoms with Gasteiger partial charge < -0.3 is 14.0 Å². The maximum absolute atomic E-state index is 12.3. The fourth-order valence-electron chi connectivity index (χ4n) is 1.93. The number of para-hydroxylation sites is 1. The summed E-state index contributed by atoms with van der Waals surface area (Å²) in [4.78, 5) is 12.3. The van der Waals surface area contributed by atoms with Gasteiger partial charge in [0.25, 0.3) is 0 Å². The van der Waals surface area contributed by atoms with Crippen LogP contribution in [0.25, 0.3) is 0 Å². The Bertz CT molecular complexity index is 850. The molecule has 0 spiro atoms. The SMILES string of the molecule is O=C(OCc1ccno1)c1ccccc1Oc1ccc(Cl)cc1Cl. The molecular formula is C17H11Cl2NO4. The maximum Gasteiger partial charge on any atom is 0.342 e. The van der Waals surface area contributed by atoms with Crippen molar-refractivity contribution < 1.29 is 18.8 Å². The summed E-state index contributed by atoms with van der Waals surface area (Å²) >= 11 is 12.0. The second-order valence-electron chi connectivity index (χ2n) is 4.73. The zero-order chi connectivity index (χ0) is 16.9. The molecule has 5 nitrogen and oxygen atoms in total. The lowest BCUT2D eigenvalue weighted by atomic mass is 10.2. The lowest BCUT2D eigenvalue weighted by Gasteiger charge is -2.11. The predicted octanol–water partition coefficient (Wildman–Crippen LogP) is 5.13. The van der Waals surface area contributed by atoms with E-state index in [-0.39, 0.29) is 12.2 Å². The molecule has 0 atom stereocenters. The van der Waals surface area contributed by atoms with Crippen LogP contribution in [0.5, 0.6) is 11.5 Å². The Balaban J connectivity index is 1.78. The van der Waals surface area contributed by atoms with E-state index in [1.54, 1.807) is 48.5 Å². The highest BCUT2D eigenvalue weighted by atomic mass is 35.5. The number of nitrogens with zero attached hydrogens (tertiary/aromatic N) is 1. The second-order valence-corrected chi connectivity index (χ2v) is 5.57. The molecule has 0 fully saturated rings. The highest BCUT2D eigenvalue weighted by molar-refractivity contribution is 6.35. The van der Waals surface area contributed by atoms with Crippen LogP contribution in [0.3, 0.4) is 0 Å². The minimum atomic E-state index is -0.549. The predicted molar refractivity (Wildman–Crippen MR) is 88.6 cm³/mol. The quantitative estimate of drug-likeness (QED) is 0.588. The fourth-order valence-corrected chi connectivity index (χ4v) is 2.38. The number of ether oxygens (including phenoxy) is 2. The lowest BCUT2D eigenvalue weighted by Crippen LogP contribution is -2.06. The van der Waals surface area contributed by atoms with E-state index < -0.39 is 5.97 Å². The van der Waals surface area contributed by atoms with E-state index in [4.69, 9.17) is 37.2 Å². The van der Waals surface area contributed by atoms with Crippen LogP contribution in [-0.4, -0.2) is 11.1 Å². The number of hydrogen-bond donors (Lipinski definition) is 0. The van der Waals surface area contributed by atoms with Gasteiger partial charge >= 0.3 is 5.97 Å². The molecule has 0 radical (unpaired) electrons.